The zero-order valence-electron chi connectivity index (χ0n) is 9.46. The maximum Gasteiger partial charge on any atom is 0.407 e. The molecule has 1 aromatic carbocycles. The van der Waals surface area contributed by atoms with Gasteiger partial charge in [-0.15, -0.1) is 0 Å². The molecule has 3 heteroatoms. The minimum absolute atomic E-state index is 0.363. The van der Waals surface area contributed by atoms with Crippen molar-refractivity contribution >= 4 is 6.09 Å². The first kappa shape index (κ1) is 11.6. The number of benzene rings is 1. The van der Waals surface area contributed by atoms with Crippen LogP contribution in [0.2, 0.25) is 0 Å². The summed E-state index contributed by atoms with van der Waals surface area (Å²) in [6.45, 7) is 6.80. The smallest absolute Gasteiger partial charge is 0.407 e. The second-order valence-corrected chi connectivity index (χ2v) is 3.50. The molecule has 1 aromatic rings. The molecule has 15 heavy (non-hydrogen) atoms. The molecule has 0 fully saturated rings. The van der Waals surface area contributed by atoms with E-state index in [4.69, 9.17) is 4.74 Å². The molecule has 0 bridgehead atoms. The molecule has 1 amide bonds. The number of alkyl carbamates (subject to hydrolysis) is 1. The Labute approximate surface area is 90.4 Å². The van der Waals surface area contributed by atoms with Crippen LogP contribution in [0.5, 0.6) is 0 Å². The van der Waals surface area contributed by atoms with Crippen molar-refractivity contribution in [1.29, 1.82) is 0 Å². The summed E-state index contributed by atoms with van der Waals surface area (Å²) in [5.74, 6) is 0. The summed E-state index contributed by atoms with van der Waals surface area (Å²) in [4.78, 5) is 11.1. The number of carbonyl (C=O) groups excluding carboxylic acids is 1. The summed E-state index contributed by atoms with van der Waals surface area (Å²) >= 11 is 0. The second-order valence-electron chi connectivity index (χ2n) is 3.50. The van der Waals surface area contributed by atoms with Gasteiger partial charge in [-0.05, 0) is 31.9 Å². The molecule has 0 aliphatic rings. The highest BCUT2D eigenvalue weighted by Gasteiger charge is 2.02. The Morgan fingerprint density at radius 2 is 2.13 bits per heavy atom. The Morgan fingerprint density at radius 1 is 1.40 bits per heavy atom. The van der Waals surface area contributed by atoms with Crippen molar-refractivity contribution in [2.24, 2.45) is 0 Å². The third-order valence-corrected chi connectivity index (χ3v) is 2.20. The summed E-state index contributed by atoms with van der Waals surface area (Å²) in [5.41, 5.74) is 3.54. The molecule has 3 nitrogen and oxygen atoms in total. The van der Waals surface area contributed by atoms with E-state index in [0.717, 1.165) is 5.56 Å². The lowest BCUT2D eigenvalue weighted by molar-refractivity contribution is 0.151. The van der Waals surface area contributed by atoms with Crippen LogP contribution in [-0.4, -0.2) is 12.7 Å². The number of ether oxygens (including phenoxy) is 1. The predicted octanol–water partition coefficient (Wildman–Crippen LogP) is 2.55. The number of rotatable bonds is 3. The van der Waals surface area contributed by atoms with Crippen LogP contribution in [0, 0.1) is 13.8 Å². The molecule has 0 saturated heterocycles. The normalized spacial score (nSPS) is 9.80. The monoisotopic (exact) mass is 207 g/mol. The Bertz CT molecular complexity index is 347. The molecule has 1 N–H and O–H groups in total. The summed E-state index contributed by atoms with van der Waals surface area (Å²) in [6.07, 6.45) is -0.363. The molecule has 0 unspecified atom stereocenters. The van der Waals surface area contributed by atoms with Crippen LogP contribution in [0.1, 0.15) is 23.6 Å². The fourth-order valence-corrected chi connectivity index (χ4v) is 1.39. The molecule has 0 aromatic heterocycles. The number of hydrogen-bond donors (Lipinski definition) is 1. The first-order valence-corrected chi connectivity index (χ1v) is 5.10. The highest BCUT2D eigenvalue weighted by atomic mass is 16.5. The van der Waals surface area contributed by atoms with E-state index in [1.807, 2.05) is 19.1 Å². The van der Waals surface area contributed by atoms with E-state index in [2.05, 4.69) is 18.3 Å². The van der Waals surface area contributed by atoms with Crippen molar-refractivity contribution in [3.05, 3.63) is 34.9 Å². The van der Waals surface area contributed by atoms with Crippen molar-refractivity contribution in [2.45, 2.75) is 27.3 Å². The van der Waals surface area contributed by atoms with Crippen LogP contribution >= 0.6 is 0 Å². The second kappa shape index (κ2) is 5.39. The zero-order valence-corrected chi connectivity index (χ0v) is 9.46. The highest BCUT2D eigenvalue weighted by molar-refractivity contribution is 5.67. The number of nitrogens with one attached hydrogen (secondary N) is 1. The van der Waals surface area contributed by atoms with Gasteiger partial charge in [0.05, 0.1) is 6.61 Å². The fourth-order valence-electron chi connectivity index (χ4n) is 1.39. The first-order valence-electron chi connectivity index (χ1n) is 5.10. The minimum Gasteiger partial charge on any atom is -0.450 e. The molecule has 1 rings (SSSR count). The van der Waals surface area contributed by atoms with Crippen LogP contribution < -0.4 is 5.32 Å². The van der Waals surface area contributed by atoms with Crippen LogP contribution in [0.3, 0.4) is 0 Å². The Kier molecular flexibility index (Phi) is 4.16. The summed E-state index contributed by atoms with van der Waals surface area (Å²) < 4.78 is 4.78. The molecule has 0 atom stereocenters. The quantitative estimate of drug-likeness (QED) is 0.827. The van der Waals surface area contributed by atoms with E-state index in [1.165, 1.54) is 11.1 Å². The number of carbonyl (C=O) groups is 1. The van der Waals surface area contributed by atoms with E-state index in [0.29, 0.717) is 13.2 Å². The zero-order chi connectivity index (χ0) is 11.3. The molecular weight excluding hydrogens is 190 g/mol. The Morgan fingerprint density at radius 3 is 2.73 bits per heavy atom. The third kappa shape index (κ3) is 3.62. The molecule has 0 saturated carbocycles. The van der Waals surface area contributed by atoms with Gasteiger partial charge in [-0.25, -0.2) is 4.79 Å². The minimum atomic E-state index is -0.363. The largest absolute Gasteiger partial charge is 0.450 e. The van der Waals surface area contributed by atoms with Crippen molar-refractivity contribution < 1.29 is 9.53 Å². The molecule has 0 aliphatic carbocycles. The standard InChI is InChI=1S/C12H17NO2/c1-4-15-12(14)13-8-11-6-5-9(2)7-10(11)3/h5-7H,4,8H2,1-3H3,(H,13,14). The number of hydrogen-bond acceptors (Lipinski definition) is 2. The van der Waals surface area contributed by atoms with Gasteiger partial charge in [0.1, 0.15) is 0 Å². The van der Waals surface area contributed by atoms with Crippen LogP contribution in [0.25, 0.3) is 0 Å². The molecule has 0 heterocycles. The molecular formula is C12H17NO2. The van der Waals surface area contributed by atoms with Gasteiger partial charge in [0, 0.05) is 6.54 Å². The van der Waals surface area contributed by atoms with Crippen LogP contribution in [-0.2, 0) is 11.3 Å². The van der Waals surface area contributed by atoms with Gasteiger partial charge in [-0.2, -0.15) is 0 Å². The van der Waals surface area contributed by atoms with Crippen molar-refractivity contribution in [1.82, 2.24) is 5.32 Å². The van der Waals surface area contributed by atoms with Gasteiger partial charge in [-0.3, -0.25) is 0 Å². The lowest BCUT2D eigenvalue weighted by Crippen LogP contribution is -2.24. The SMILES string of the molecule is CCOC(=O)NCc1ccc(C)cc1C. The van der Waals surface area contributed by atoms with Gasteiger partial charge in [-0.1, -0.05) is 23.8 Å². The number of amides is 1. The van der Waals surface area contributed by atoms with Gasteiger partial charge >= 0.3 is 6.09 Å². The van der Waals surface area contributed by atoms with Gasteiger partial charge in [0.15, 0.2) is 0 Å². The van der Waals surface area contributed by atoms with E-state index in [9.17, 15) is 4.79 Å². The third-order valence-electron chi connectivity index (χ3n) is 2.20. The fraction of sp³-hybridized carbons (Fsp3) is 0.417. The van der Waals surface area contributed by atoms with E-state index in [-0.39, 0.29) is 6.09 Å². The summed E-state index contributed by atoms with van der Waals surface area (Å²) in [6, 6.07) is 6.16. The summed E-state index contributed by atoms with van der Waals surface area (Å²) in [7, 11) is 0. The first-order chi connectivity index (χ1) is 7.13. The van der Waals surface area contributed by atoms with E-state index in [1.54, 1.807) is 6.92 Å². The average molecular weight is 207 g/mol. The lowest BCUT2D eigenvalue weighted by atomic mass is 10.1. The summed E-state index contributed by atoms with van der Waals surface area (Å²) in [5, 5.41) is 2.70. The topological polar surface area (TPSA) is 38.3 Å². The van der Waals surface area contributed by atoms with Crippen molar-refractivity contribution in [3.8, 4) is 0 Å². The maximum absolute atomic E-state index is 11.1. The Hall–Kier alpha value is -1.51. The van der Waals surface area contributed by atoms with Gasteiger partial charge in [0.25, 0.3) is 0 Å². The van der Waals surface area contributed by atoms with E-state index < -0.39 is 0 Å². The average Bonchev–Trinajstić information content (AvgIpc) is 2.17. The van der Waals surface area contributed by atoms with Gasteiger partial charge in [0.2, 0.25) is 0 Å². The molecule has 0 radical (unpaired) electrons. The van der Waals surface area contributed by atoms with Gasteiger partial charge < -0.3 is 10.1 Å². The molecule has 0 aliphatic heterocycles. The van der Waals surface area contributed by atoms with Crippen molar-refractivity contribution in [2.75, 3.05) is 6.61 Å². The molecule has 82 valence electrons. The Balaban J connectivity index is 2.54. The highest BCUT2D eigenvalue weighted by Crippen LogP contribution is 2.09. The number of aryl methyl sites for hydroxylation is 2. The maximum atomic E-state index is 11.1. The van der Waals surface area contributed by atoms with Crippen LogP contribution in [0.4, 0.5) is 4.79 Å². The van der Waals surface area contributed by atoms with Crippen LogP contribution in [0.15, 0.2) is 18.2 Å². The van der Waals surface area contributed by atoms with Crippen molar-refractivity contribution in [3.63, 3.8) is 0 Å². The lowest BCUT2D eigenvalue weighted by Gasteiger charge is -2.08. The van der Waals surface area contributed by atoms with E-state index >= 15 is 0 Å². The molecule has 0 spiro atoms. The predicted molar refractivity (Wildman–Crippen MR) is 59.8 cm³/mol.